The van der Waals surface area contributed by atoms with Crippen LogP contribution in [-0.4, -0.2) is 29.9 Å². The number of nitrogens with one attached hydrogen (secondary N) is 2. The molecule has 1 aliphatic rings. The monoisotopic (exact) mass is 373 g/mol. The van der Waals surface area contributed by atoms with Crippen LogP contribution < -0.4 is 15.4 Å². The first kappa shape index (κ1) is 18.2. The highest BCUT2D eigenvalue weighted by Crippen LogP contribution is 2.29. The van der Waals surface area contributed by atoms with Crippen LogP contribution in [0, 0.1) is 5.92 Å². The van der Waals surface area contributed by atoms with Crippen LogP contribution in [-0.2, 0) is 11.3 Å². The number of hydrogen-bond donors (Lipinski definition) is 2. The number of halogens is 1. The molecule has 1 saturated carbocycles. The van der Waals surface area contributed by atoms with Crippen molar-refractivity contribution in [1.29, 1.82) is 0 Å². The highest BCUT2D eigenvalue weighted by molar-refractivity contribution is 6.30. The van der Waals surface area contributed by atoms with Crippen molar-refractivity contribution in [3.63, 3.8) is 0 Å². The summed E-state index contributed by atoms with van der Waals surface area (Å²) >= 11 is 5.84. The average molecular weight is 374 g/mol. The van der Waals surface area contributed by atoms with Gasteiger partial charge in [-0.15, -0.1) is 0 Å². The van der Waals surface area contributed by atoms with Gasteiger partial charge in [-0.25, -0.2) is 4.98 Å². The minimum absolute atomic E-state index is 0.110. The third-order valence-corrected chi connectivity index (χ3v) is 4.18. The van der Waals surface area contributed by atoms with Crippen molar-refractivity contribution in [3.05, 3.63) is 58.7 Å². The molecule has 3 rings (SSSR count). The molecule has 6 nitrogen and oxygen atoms in total. The summed E-state index contributed by atoms with van der Waals surface area (Å²) in [5.41, 5.74) is 1.27. The lowest BCUT2D eigenvalue weighted by molar-refractivity contribution is -0.120. The summed E-state index contributed by atoms with van der Waals surface area (Å²) in [7, 11) is 0. The minimum atomic E-state index is -0.346. The Hall–Kier alpha value is -2.60. The molecule has 0 bridgehead atoms. The number of benzene rings is 1. The van der Waals surface area contributed by atoms with Gasteiger partial charge in [-0.05, 0) is 42.5 Å². The molecule has 0 atom stereocenters. The first-order valence-electron chi connectivity index (χ1n) is 8.48. The number of pyridine rings is 1. The van der Waals surface area contributed by atoms with Gasteiger partial charge < -0.3 is 15.4 Å². The molecule has 7 heteroatoms. The quantitative estimate of drug-likeness (QED) is 0.745. The van der Waals surface area contributed by atoms with E-state index in [1.807, 2.05) is 6.07 Å². The molecule has 0 unspecified atom stereocenters. The van der Waals surface area contributed by atoms with E-state index in [2.05, 4.69) is 15.6 Å². The lowest BCUT2D eigenvalue weighted by atomic mass is 10.2. The van der Waals surface area contributed by atoms with Crippen molar-refractivity contribution in [1.82, 2.24) is 15.6 Å². The average Bonchev–Trinajstić information content (AvgIpc) is 3.48. The predicted octanol–water partition coefficient (Wildman–Crippen LogP) is 2.57. The molecule has 1 aliphatic carbocycles. The smallest absolute Gasteiger partial charge is 0.251 e. The van der Waals surface area contributed by atoms with Crippen LogP contribution in [0.5, 0.6) is 5.88 Å². The first-order valence-corrected chi connectivity index (χ1v) is 8.86. The maximum atomic E-state index is 12.0. The summed E-state index contributed by atoms with van der Waals surface area (Å²) in [4.78, 5) is 28.0. The van der Waals surface area contributed by atoms with Gasteiger partial charge in [0.1, 0.15) is 0 Å². The Balaban J connectivity index is 1.38. The molecule has 0 aliphatic heterocycles. The van der Waals surface area contributed by atoms with Gasteiger partial charge >= 0.3 is 0 Å². The van der Waals surface area contributed by atoms with Gasteiger partial charge in [0.25, 0.3) is 5.91 Å². The lowest BCUT2D eigenvalue weighted by Crippen LogP contribution is -2.36. The van der Waals surface area contributed by atoms with Gasteiger partial charge in [-0.2, -0.15) is 0 Å². The van der Waals surface area contributed by atoms with Crippen LogP contribution >= 0.6 is 11.6 Å². The second kappa shape index (κ2) is 8.67. The van der Waals surface area contributed by atoms with Gasteiger partial charge in [0.2, 0.25) is 11.8 Å². The van der Waals surface area contributed by atoms with E-state index < -0.39 is 0 Å². The molecule has 1 aromatic heterocycles. The Morgan fingerprint density at radius 1 is 1.19 bits per heavy atom. The molecule has 136 valence electrons. The summed E-state index contributed by atoms with van der Waals surface area (Å²) in [6.45, 7) is 0.943. The van der Waals surface area contributed by atoms with E-state index in [-0.39, 0.29) is 18.4 Å². The van der Waals surface area contributed by atoms with Crippen molar-refractivity contribution >= 4 is 23.4 Å². The molecule has 1 heterocycles. The molecule has 2 N–H and O–H groups in total. The molecule has 2 aromatic rings. The maximum absolute atomic E-state index is 12.0. The van der Waals surface area contributed by atoms with Crippen LogP contribution in [0.15, 0.2) is 42.6 Å². The fourth-order valence-corrected chi connectivity index (χ4v) is 2.43. The van der Waals surface area contributed by atoms with Crippen molar-refractivity contribution < 1.29 is 14.3 Å². The number of ether oxygens (including phenoxy) is 1. The van der Waals surface area contributed by atoms with Crippen LogP contribution in [0.2, 0.25) is 5.02 Å². The molecule has 1 fully saturated rings. The van der Waals surface area contributed by atoms with Gasteiger partial charge in [-0.3, -0.25) is 9.59 Å². The summed E-state index contributed by atoms with van der Waals surface area (Å²) in [5, 5.41) is 5.77. The zero-order chi connectivity index (χ0) is 18.4. The first-order chi connectivity index (χ1) is 12.6. The van der Waals surface area contributed by atoms with E-state index in [1.165, 1.54) is 12.8 Å². The Kier molecular flexibility index (Phi) is 6.07. The van der Waals surface area contributed by atoms with Crippen LogP contribution in [0.4, 0.5) is 0 Å². The van der Waals surface area contributed by atoms with Crippen molar-refractivity contribution in [2.24, 2.45) is 5.92 Å². The van der Waals surface area contributed by atoms with E-state index in [0.717, 1.165) is 12.2 Å². The van der Waals surface area contributed by atoms with Crippen molar-refractivity contribution in [2.75, 3.05) is 13.2 Å². The zero-order valence-corrected chi connectivity index (χ0v) is 15.0. The molecular formula is C19H20ClN3O3. The number of hydrogen-bond acceptors (Lipinski definition) is 4. The normalized spacial score (nSPS) is 13.1. The molecule has 26 heavy (non-hydrogen) atoms. The van der Waals surface area contributed by atoms with E-state index in [4.69, 9.17) is 16.3 Å². The summed E-state index contributed by atoms with van der Waals surface area (Å²) in [6.07, 6.45) is 4.14. The largest absolute Gasteiger partial charge is 0.477 e. The number of carbonyl (C=O) groups is 2. The van der Waals surface area contributed by atoms with Gasteiger partial charge in [-0.1, -0.05) is 23.7 Å². The second-order valence-electron chi connectivity index (χ2n) is 6.23. The van der Waals surface area contributed by atoms with E-state index in [0.29, 0.717) is 28.9 Å². The third-order valence-electron chi connectivity index (χ3n) is 3.95. The summed E-state index contributed by atoms with van der Waals surface area (Å²) in [5.74, 6) is 0.648. The summed E-state index contributed by atoms with van der Waals surface area (Å²) in [6, 6.07) is 10.2. The highest BCUT2D eigenvalue weighted by Gasteiger charge is 2.22. The fraction of sp³-hybridized carbons (Fsp3) is 0.316. The number of aromatic nitrogens is 1. The van der Waals surface area contributed by atoms with Crippen molar-refractivity contribution in [2.45, 2.75) is 19.4 Å². The minimum Gasteiger partial charge on any atom is -0.477 e. The van der Waals surface area contributed by atoms with Crippen LogP contribution in [0.25, 0.3) is 0 Å². The van der Waals surface area contributed by atoms with Crippen LogP contribution in [0.1, 0.15) is 28.8 Å². The maximum Gasteiger partial charge on any atom is 0.251 e. The molecule has 2 amide bonds. The number of carbonyl (C=O) groups excluding carboxylic acids is 2. The SMILES string of the molecule is O=C(CNC(=O)c1cccc(Cl)c1)NCc1ccc(OCC2CC2)nc1. The molecule has 1 aromatic carbocycles. The lowest BCUT2D eigenvalue weighted by Gasteiger charge is -2.08. The predicted molar refractivity (Wildman–Crippen MR) is 98.1 cm³/mol. The summed E-state index contributed by atoms with van der Waals surface area (Å²) < 4.78 is 5.57. The van der Waals surface area contributed by atoms with Gasteiger partial charge in [0, 0.05) is 29.4 Å². The molecule has 0 radical (unpaired) electrons. The zero-order valence-electron chi connectivity index (χ0n) is 14.2. The second-order valence-corrected chi connectivity index (χ2v) is 6.67. The van der Waals surface area contributed by atoms with E-state index >= 15 is 0 Å². The van der Waals surface area contributed by atoms with Gasteiger partial charge in [0.05, 0.1) is 13.2 Å². The Labute approximate surface area is 156 Å². The third kappa shape index (κ3) is 5.74. The number of amides is 2. The molecular weight excluding hydrogens is 354 g/mol. The van der Waals surface area contributed by atoms with E-state index in [9.17, 15) is 9.59 Å². The van der Waals surface area contributed by atoms with Crippen molar-refractivity contribution in [3.8, 4) is 5.88 Å². The Morgan fingerprint density at radius 2 is 2.04 bits per heavy atom. The number of nitrogens with zero attached hydrogens (tertiary/aromatic N) is 1. The fourth-order valence-electron chi connectivity index (χ4n) is 2.24. The molecule has 0 spiro atoms. The van der Waals surface area contributed by atoms with Gasteiger partial charge in [0.15, 0.2) is 0 Å². The Morgan fingerprint density at radius 3 is 2.73 bits per heavy atom. The highest BCUT2D eigenvalue weighted by atomic mass is 35.5. The topological polar surface area (TPSA) is 80.3 Å². The van der Waals surface area contributed by atoms with E-state index in [1.54, 1.807) is 36.5 Å². The Bertz CT molecular complexity index is 776. The standard InChI is InChI=1S/C19H20ClN3O3/c20-16-3-1-2-15(8-16)19(25)23-11-17(24)21-9-14-6-7-18(22-10-14)26-12-13-4-5-13/h1-3,6-8,10,13H,4-5,9,11-12H2,(H,21,24)(H,23,25). The van der Waals surface area contributed by atoms with Crippen LogP contribution in [0.3, 0.4) is 0 Å². The number of rotatable bonds is 8. The molecule has 0 saturated heterocycles.